The number of hydrogen-bond acceptors (Lipinski definition) is 5. The third-order valence-corrected chi connectivity index (χ3v) is 7.11. The first-order chi connectivity index (χ1) is 16.6. The molecular weight excluding hydrogens is 466 g/mol. The van der Waals surface area contributed by atoms with E-state index in [1.165, 1.54) is 0 Å². The Hall–Kier alpha value is -3.24. The number of fused-ring (bicyclic) bond motifs is 1. The van der Waals surface area contributed by atoms with Crippen molar-refractivity contribution in [2.75, 3.05) is 19.3 Å². The van der Waals surface area contributed by atoms with Crippen molar-refractivity contribution in [3.05, 3.63) is 72.3 Å². The second-order valence-electron chi connectivity index (χ2n) is 9.39. The molecule has 0 radical (unpaired) electrons. The van der Waals surface area contributed by atoms with Gasteiger partial charge in [-0.25, -0.2) is 18.1 Å². The number of pyridine rings is 1. The molecule has 1 fully saturated rings. The minimum Gasteiger partial charge on any atom is -0.350 e. The van der Waals surface area contributed by atoms with Gasteiger partial charge in [0, 0.05) is 25.2 Å². The van der Waals surface area contributed by atoms with Crippen molar-refractivity contribution in [3.8, 4) is 0 Å². The predicted octanol–water partition coefficient (Wildman–Crippen LogP) is 2.02. The van der Waals surface area contributed by atoms with E-state index >= 15 is 0 Å². The van der Waals surface area contributed by atoms with Gasteiger partial charge in [-0.2, -0.15) is 0 Å². The molecule has 2 aromatic heterocycles. The molecule has 186 valence electrons. The highest BCUT2D eigenvalue weighted by Crippen LogP contribution is 2.30. The van der Waals surface area contributed by atoms with Gasteiger partial charge in [-0.15, -0.1) is 0 Å². The Morgan fingerprint density at radius 2 is 1.86 bits per heavy atom. The van der Waals surface area contributed by atoms with E-state index in [4.69, 9.17) is 0 Å². The van der Waals surface area contributed by atoms with Crippen LogP contribution in [0.25, 0.3) is 5.52 Å². The Morgan fingerprint density at radius 3 is 2.54 bits per heavy atom. The summed E-state index contributed by atoms with van der Waals surface area (Å²) in [7, 11) is -3.58. The molecule has 1 saturated heterocycles. The summed E-state index contributed by atoms with van der Waals surface area (Å²) in [4.78, 5) is 32.6. The smallest absolute Gasteiger partial charge is 0.256 e. The van der Waals surface area contributed by atoms with E-state index in [1.54, 1.807) is 41.7 Å². The Morgan fingerprint density at radius 1 is 1.11 bits per heavy atom. The maximum Gasteiger partial charge on any atom is 0.256 e. The number of piperidine rings is 1. The predicted molar refractivity (Wildman–Crippen MR) is 133 cm³/mol. The first kappa shape index (κ1) is 24.9. The van der Waals surface area contributed by atoms with Crippen LogP contribution in [-0.2, 0) is 14.8 Å². The topological polar surface area (TPSA) is 113 Å². The summed E-state index contributed by atoms with van der Waals surface area (Å²) in [5.74, 6) is -0.790. The van der Waals surface area contributed by atoms with Crippen molar-refractivity contribution in [2.24, 2.45) is 5.92 Å². The van der Waals surface area contributed by atoms with E-state index in [0.29, 0.717) is 25.1 Å². The van der Waals surface area contributed by atoms with Crippen LogP contribution in [0.5, 0.6) is 0 Å². The number of amides is 2. The van der Waals surface area contributed by atoms with E-state index < -0.39 is 22.0 Å². The maximum atomic E-state index is 13.5. The van der Waals surface area contributed by atoms with Gasteiger partial charge < -0.3 is 14.6 Å². The van der Waals surface area contributed by atoms with Crippen LogP contribution in [0.4, 0.5) is 0 Å². The van der Waals surface area contributed by atoms with Crippen molar-refractivity contribution >= 4 is 27.4 Å². The fourth-order valence-corrected chi connectivity index (χ4v) is 5.52. The van der Waals surface area contributed by atoms with Gasteiger partial charge in [-0.3, -0.25) is 9.59 Å². The number of nitrogens with zero attached hydrogens (tertiary/aromatic N) is 3. The fourth-order valence-electron chi connectivity index (χ4n) is 4.68. The lowest BCUT2D eigenvalue weighted by Crippen LogP contribution is -2.58. The summed E-state index contributed by atoms with van der Waals surface area (Å²) in [6.07, 6.45) is 6.85. The minimum absolute atomic E-state index is 0.0130. The Bertz CT molecular complexity index is 1310. The first-order valence-corrected chi connectivity index (χ1v) is 13.6. The van der Waals surface area contributed by atoms with E-state index in [2.05, 4.69) is 15.0 Å². The number of imidazole rings is 1. The number of aromatic nitrogens is 2. The van der Waals surface area contributed by atoms with Crippen LogP contribution in [-0.4, -0.2) is 65.9 Å². The molecule has 9 nitrogen and oxygen atoms in total. The molecule has 2 amide bonds. The molecule has 1 aliphatic heterocycles. The van der Waals surface area contributed by atoms with Crippen molar-refractivity contribution < 1.29 is 18.0 Å². The van der Waals surface area contributed by atoms with Gasteiger partial charge in [0.25, 0.3) is 5.91 Å². The molecule has 0 unspecified atom stereocenters. The summed E-state index contributed by atoms with van der Waals surface area (Å²) in [6, 6.07) is 12.2. The van der Waals surface area contributed by atoms with E-state index in [9.17, 15) is 18.0 Å². The van der Waals surface area contributed by atoms with Gasteiger partial charge in [-0.1, -0.05) is 44.2 Å². The molecule has 0 bridgehead atoms. The zero-order chi connectivity index (χ0) is 25.2. The molecule has 4 rings (SSSR count). The zero-order valence-electron chi connectivity index (χ0n) is 20.1. The molecular formula is C25H31N5O4S. The van der Waals surface area contributed by atoms with Gasteiger partial charge in [-0.05, 0) is 30.0 Å². The molecule has 2 N–H and O–H groups in total. The fraction of sp³-hybridized carbons (Fsp3) is 0.400. The third-order valence-electron chi connectivity index (χ3n) is 6.43. The van der Waals surface area contributed by atoms with Crippen LogP contribution >= 0.6 is 0 Å². The first-order valence-electron chi connectivity index (χ1n) is 11.7. The molecule has 35 heavy (non-hydrogen) atoms. The van der Waals surface area contributed by atoms with Crippen LogP contribution in [0.15, 0.2) is 61.2 Å². The number of hydrogen-bond donors (Lipinski definition) is 2. The highest BCUT2D eigenvalue weighted by Gasteiger charge is 2.36. The van der Waals surface area contributed by atoms with Gasteiger partial charge in [0.2, 0.25) is 15.9 Å². The molecule has 1 aliphatic rings. The average Bonchev–Trinajstić information content (AvgIpc) is 3.31. The molecule has 3 atom stereocenters. The zero-order valence-corrected chi connectivity index (χ0v) is 20.9. The summed E-state index contributed by atoms with van der Waals surface area (Å²) in [5.41, 5.74) is 2.34. The van der Waals surface area contributed by atoms with Crippen molar-refractivity contribution in [3.63, 3.8) is 0 Å². The van der Waals surface area contributed by atoms with Gasteiger partial charge >= 0.3 is 0 Å². The number of rotatable bonds is 7. The van der Waals surface area contributed by atoms with Crippen LogP contribution in [0.1, 0.15) is 42.1 Å². The summed E-state index contributed by atoms with van der Waals surface area (Å²) >= 11 is 0. The largest absolute Gasteiger partial charge is 0.350 e. The number of sulfonamides is 1. The Kier molecular flexibility index (Phi) is 7.23. The highest BCUT2D eigenvalue weighted by molar-refractivity contribution is 7.88. The second-order valence-corrected chi connectivity index (χ2v) is 11.2. The van der Waals surface area contributed by atoms with E-state index in [-0.39, 0.29) is 23.8 Å². The van der Waals surface area contributed by atoms with Crippen molar-refractivity contribution in [1.29, 1.82) is 0 Å². The molecule has 1 aromatic carbocycles. The van der Waals surface area contributed by atoms with Crippen LogP contribution in [0, 0.1) is 5.92 Å². The number of carbonyl (C=O) groups excluding carboxylic acids is 2. The Balaban J connectivity index is 1.60. The lowest BCUT2D eigenvalue weighted by atomic mass is 9.84. The third kappa shape index (κ3) is 5.71. The monoisotopic (exact) mass is 497 g/mol. The maximum absolute atomic E-state index is 13.5. The summed E-state index contributed by atoms with van der Waals surface area (Å²) in [6.45, 7) is 4.43. The quantitative estimate of drug-likeness (QED) is 0.519. The van der Waals surface area contributed by atoms with Crippen LogP contribution < -0.4 is 10.0 Å². The van der Waals surface area contributed by atoms with Crippen LogP contribution in [0.2, 0.25) is 0 Å². The molecule has 3 heterocycles. The lowest BCUT2D eigenvalue weighted by Gasteiger charge is -2.40. The normalized spacial score (nSPS) is 19.6. The minimum atomic E-state index is -3.58. The SMILES string of the molecule is CC(C)[C@H](NS(C)(=O)=O)C(=O)N[C@H]1CN(C(=O)c2cccn3cncc23)CC[C@@H]1c1ccccc1. The number of carbonyl (C=O) groups is 2. The van der Waals surface area contributed by atoms with Crippen LogP contribution in [0.3, 0.4) is 0 Å². The van der Waals surface area contributed by atoms with Gasteiger partial charge in [0.05, 0.1) is 35.9 Å². The molecule has 10 heteroatoms. The molecule has 0 aliphatic carbocycles. The molecule has 0 saturated carbocycles. The van der Waals surface area contributed by atoms with Crippen molar-refractivity contribution in [2.45, 2.75) is 38.3 Å². The Labute approximate surface area is 205 Å². The van der Waals surface area contributed by atoms with E-state index in [0.717, 1.165) is 17.3 Å². The lowest BCUT2D eigenvalue weighted by molar-refractivity contribution is -0.124. The number of nitrogens with one attached hydrogen (secondary N) is 2. The highest BCUT2D eigenvalue weighted by atomic mass is 32.2. The van der Waals surface area contributed by atoms with Gasteiger partial charge in [0.15, 0.2) is 0 Å². The van der Waals surface area contributed by atoms with Crippen molar-refractivity contribution in [1.82, 2.24) is 24.3 Å². The average molecular weight is 498 g/mol. The van der Waals surface area contributed by atoms with E-state index in [1.807, 2.05) is 42.6 Å². The number of likely N-dealkylation sites (tertiary alicyclic amines) is 1. The second kappa shape index (κ2) is 10.2. The summed E-state index contributed by atoms with van der Waals surface area (Å²) in [5, 5.41) is 3.06. The number of benzene rings is 1. The molecule has 3 aromatic rings. The van der Waals surface area contributed by atoms with Gasteiger partial charge in [0.1, 0.15) is 6.04 Å². The summed E-state index contributed by atoms with van der Waals surface area (Å²) < 4.78 is 28.0. The standard InChI is InChI=1S/C25H31N5O4S/c1-17(2)23(28-35(3,33)34)24(31)27-21-15-29(13-11-19(21)18-8-5-4-6-9-18)25(32)20-10-7-12-30-16-26-14-22(20)30/h4-10,12,14,16-17,19,21,23,28H,11,13,15H2,1-3H3,(H,27,31)/t19-,21+,23+/m1/s1. The molecule has 0 spiro atoms.